The number of nitro benzene ring substituents is 1. The number of hydrogen-bond acceptors (Lipinski definition) is 5. The van der Waals surface area contributed by atoms with Gasteiger partial charge in [-0.1, -0.05) is 6.07 Å². The van der Waals surface area contributed by atoms with Crippen LogP contribution in [0.3, 0.4) is 0 Å². The molecule has 0 aliphatic carbocycles. The predicted molar refractivity (Wildman–Crippen MR) is 92.7 cm³/mol. The minimum Gasteiger partial charge on any atom is -0.494 e. The lowest BCUT2D eigenvalue weighted by atomic mass is 10.1. The third-order valence-corrected chi connectivity index (χ3v) is 3.34. The van der Waals surface area contributed by atoms with Crippen LogP contribution in [0.5, 0.6) is 5.75 Å². The third-order valence-electron chi connectivity index (χ3n) is 3.34. The average molecular weight is 329 g/mol. The second-order valence-electron chi connectivity index (χ2n) is 5.42. The second-order valence-corrected chi connectivity index (χ2v) is 5.42. The lowest BCUT2D eigenvalue weighted by Crippen LogP contribution is -2.22. The van der Waals surface area contributed by atoms with Crippen molar-refractivity contribution < 1.29 is 14.5 Å². The van der Waals surface area contributed by atoms with Gasteiger partial charge in [-0.25, -0.2) is 0 Å². The van der Waals surface area contributed by atoms with Crippen molar-refractivity contribution >= 4 is 23.0 Å². The fourth-order valence-corrected chi connectivity index (χ4v) is 2.35. The maximum Gasteiger partial charge on any atom is 0.273 e. The first-order valence-electron chi connectivity index (χ1n) is 7.33. The lowest BCUT2D eigenvalue weighted by Gasteiger charge is -2.11. The number of methoxy groups -OCH3 is 1. The van der Waals surface area contributed by atoms with Crippen molar-refractivity contribution in [3.63, 3.8) is 0 Å². The molecule has 2 rings (SSSR count). The normalized spacial score (nSPS) is 10.1. The van der Waals surface area contributed by atoms with Gasteiger partial charge in [-0.3, -0.25) is 14.9 Å². The van der Waals surface area contributed by atoms with Gasteiger partial charge in [0.15, 0.2) is 0 Å². The molecule has 0 heterocycles. The number of aryl methyl sites for hydroxylation is 2. The minimum atomic E-state index is -0.518. The van der Waals surface area contributed by atoms with Gasteiger partial charge >= 0.3 is 0 Å². The van der Waals surface area contributed by atoms with Crippen LogP contribution in [0.1, 0.15) is 11.1 Å². The molecule has 126 valence electrons. The third kappa shape index (κ3) is 4.45. The molecule has 0 aromatic heterocycles. The van der Waals surface area contributed by atoms with E-state index in [1.807, 2.05) is 32.0 Å². The molecule has 2 N–H and O–H groups in total. The zero-order valence-corrected chi connectivity index (χ0v) is 13.8. The summed E-state index contributed by atoms with van der Waals surface area (Å²) in [5, 5.41) is 16.5. The first-order chi connectivity index (χ1) is 11.4. The van der Waals surface area contributed by atoms with Gasteiger partial charge in [0.25, 0.3) is 5.69 Å². The molecule has 0 atom stereocenters. The number of ether oxygens (including phenoxy) is 1. The summed E-state index contributed by atoms with van der Waals surface area (Å²) in [5.74, 6) is -0.0368. The first kappa shape index (κ1) is 17.3. The Balaban J connectivity index is 2.03. The molecule has 24 heavy (non-hydrogen) atoms. The van der Waals surface area contributed by atoms with Crippen molar-refractivity contribution in [2.45, 2.75) is 13.8 Å². The largest absolute Gasteiger partial charge is 0.494 e. The van der Waals surface area contributed by atoms with E-state index in [2.05, 4.69) is 10.6 Å². The fraction of sp³-hybridized carbons (Fsp3) is 0.235. The molecule has 0 aliphatic heterocycles. The van der Waals surface area contributed by atoms with Crippen molar-refractivity contribution in [1.82, 2.24) is 0 Å². The van der Waals surface area contributed by atoms with Gasteiger partial charge < -0.3 is 15.4 Å². The monoisotopic (exact) mass is 329 g/mol. The Morgan fingerprint density at radius 3 is 2.42 bits per heavy atom. The molecule has 0 fully saturated rings. The van der Waals surface area contributed by atoms with Crippen LogP contribution >= 0.6 is 0 Å². The maximum absolute atomic E-state index is 12.1. The molecule has 1 amide bonds. The van der Waals surface area contributed by atoms with E-state index in [9.17, 15) is 14.9 Å². The average Bonchev–Trinajstić information content (AvgIpc) is 2.52. The molecule has 0 saturated heterocycles. The maximum atomic E-state index is 12.1. The van der Waals surface area contributed by atoms with Gasteiger partial charge in [0.05, 0.1) is 30.3 Å². The molecular weight excluding hydrogens is 310 g/mol. The number of nitrogens with one attached hydrogen (secondary N) is 2. The van der Waals surface area contributed by atoms with E-state index in [0.717, 1.165) is 16.8 Å². The summed E-state index contributed by atoms with van der Waals surface area (Å²) in [6, 6.07) is 9.99. The summed E-state index contributed by atoms with van der Waals surface area (Å²) in [6.07, 6.45) is 0. The van der Waals surface area contributed by atoms with Gasteiger partial charge in [0.2, 0.25) is 5.91 Å². The van der Waals surface area contributed by atoms with E-state index in [-0.39, 0.29) is 23.9 Å². The Morgan fingerprint density at radius 2 is 1.83 bits per heavy atom. The first-order valence-corrected chi connectivity index (χ1v) is 7.33. The second kappa shape index (κ2) is 7.45. The molecule has 0 saturated carbocycles. The van der Waals surface area contributed by atoms with Gasteiger partial charge in [-0.15, -0.1) is 0 Å². The number of rotatable bonds is 6. The molecule has 0 bridgehead atoms. The zero-order valence-electron chi connectivity index (χ0n) is 13.8. The van der Waals surface area contributed by atoms with Crippen molar-refractivity contribution in [2.75, 3.05) is 24.3 Å². The Bertz CT molecular complexity index is 754. The van der Waals surface area contributed by atoms with Crippen LogP contribution in [0.25, 0.3) is 0 Å². The van der Waals surface area contributed by atoms with Crippen LogP contribution in [0.2, 0.25) is 0 Å². The van der Waals surface area contributed by atoms with E-state index >= 15 is 0 Å². The molecule has 2 aromatic carbocycles. The summed E-state index contributed by atoms with van der Waals surface area (Å²) >= 11 is 0. The molecule has 0 spiro atoms. The predicted octanol–water partition coefficient (Wildman–Crippen LogP) is 3.27. The summed E-state index contributed by atoms with van der Waals surface area (Å²) in [5.41, 5.74) is 3.36. The van der Waals surface area contributed by atoms with E-state index in [1.54, 1.807) is 0 Å². The van der Waals surface area contributed by atoms with Gasteiger partial charge in [0, 0.05) is 11.8 Å². The van der Waals surface area contributed by atoms with Gasteiger partial charge in [-0.05, 0) is 43.2 Å². The Morgan fingerprint density at radius 1 is 1.17 bits per heavy atom. The SMILES string of the molecule is COc1cc([N+](=O)[O-])ccc1NC(=O)CNc1cc(C)cc(C)c1. The Hall–Kier alpha value is -3.09. The Kier molecular flexibility index (Phi) is 5.36. The van der Waals surface area contributed by atoms with E-state index in [4.69, 9.17) is 4.74 Å². The number of anilines is 2. The van der Waals surface area contributed by atoms with E-state index in [0.29, 0.717) is 5.69 Å². The number of nitrogens with zero attached hydrogens (tertiary/aromatic N) is 1. The van der Waals surface area contributed by atoms with E-state index < -0.39 is 4.92 Å². The molecule has 0 radical (unpaired) electrons. The summed E-state index contributed by atoms with van der Waals surface area (Å²) in [4.78, 5) is 22.3. The summed E-state index contributed by atoms with van der Waals surface area (Å²) in [6.45, 7) is 4.04. The number of amides is 1. The number of carbonyl (C=O) groups excluding carboxylic acids is 1. The van der Waals surface area contributed by atoms with E-state index in [1.165, 1.54) is 25.3 Å². The van der Waals surface area contributed by atoms with Gasteiger partial charge in [-0.2, -0.15) is 0 Å². The quantitative estimate of drug-likeness (QED) is 0.626. The van der Waals surface area contributed by atoms with Crippen LogP contribution in [0.4, 0.5) is 17.1 Å². The summed E-state index contributed by atoms with van der Waals surface area (Å²) < 4.78 is 5.09. The molecule has 2 aromatic rings. The van der Waals surface area contributed by atoms with Gasteiger partial charge in [0.1, 0.15) is 5.75 Å². The smallest absolute Gasteiger partial charge is 0.273 e. The lowest BCUT2D eigenvalue weighted by molar-refractivity contribution is -0.384. The Labute approximate surface area is 139 Å². The van der Waals surface area contributed by atoms with Crippen molar-refractivity contribution in [2.24, 2.45) is 0 Å². The topological polar surface area (TPSA) is 93.5 Å². The highest BCUT2D eigenvalue weighted by molar-refractivity contribution is 5.95. The number of carbonyl (C=O) groups is 1. The standard InChI is InChI=1S/C17H19N3O4/c1-11-6-12(2)8-13(7-11)18-10-17(21)19-15-5-4-14(20(22)23)9-16(15)24-3/h4-9,18H,10H2,1-3H3,(H,19,21). The molecule has 0 unspecified atom stereocenters. The number of hydrogen-bond donors (Lipinski definition) is 2. The highest BCUT2D eigenvalue weighted by Gasteiger charge is 2.13. The van der Waals surface area contributed by atoms with Crippen LogP contribution < -0.4 is 15.4 Å². The molecule has 0 aliphatic rings. The highest BCUT2D eigenvalue weighted by atomic mass is 16.6. The van der Waals surface area contributed by atoms with Crippen molar-refractivity contribution in [1.29, 1.82) is 0 Å². The van der Waals surface area contributed by atoms with Crippen molar-refractivity contribution in [3.8, 4) is 5.75 Å². The zero-order chi connectivity index (χ0) is 17.7. The molecule has 7 heteroatoms. The summed E-state index contributed by atoms with van der Waals surface area (Å²) in [7, 11) is 1.39. The number of benzene rings is 2. The fourth-order valence-electron chi connectivity index (χ4n) is 2.35. The highest BCUT2D eigenvalue weighted by Crippen LogP contribution is 2.28. The molecule has 7 nitrogen and oxygen atoms in total. The molecular formula is C17H19N3O4. The van der Waals surface area contributed by atoms with Crippen LogP contribution in [-0.4, -0.2) is 24.5 Å². The van der Waals surface area contributed by atoms with Crippen molar-refractivity contribution in [3.05, 3.63) is 57.6 Å². The van der Waals surface area contributed by atoms with Crippen LogP contribution in [0, 0.1) is 24.0 Å². The van der Waals surface area contributed by atoms with Crippen LogP contribution in [-0.2, 0) is 4.79 Å². The number of nitro groups is 1. The number of non-ortho nitro benzene ring substituents is 1. The van der Waals surface area contributed by atoms with Crippen LogP contribution in [0.15, 0.2) is 36.4 Å². The minimum absolute atomic E-state index is 0.0725.